The molecule has 0 spiro atoms. The van der Waals surface area contributed by atoms with Crippen molar-refractivity contribution in [3.8, 4) is 0 Å². The largest absolute Gasteiger partial charge is 0.392 e. The third-order valence-electron chi connectivity index (χ3n) is 8.50. The fourth-order valence-electron chi connectivity index (χ4n) is 7.32. The van der Waals surface area contributed by atoms with Crippen LogP contribution in [0.3, 0.4) is 0 Å². The zero-order chi connectivity index (χ0) is 19.1. The third-order valence-corrected chi connectivity index (χ3v) is 8.50. The quantitative estimate of drug-likeness (QED) is 0.750. The molecule has 0 radical (unpaired) electrons. The molecule has 0 aromatic heterocycles. The first kappa shape index (κ1) is 18.3. The maximum Gasteiger partial charge on any atom is 0.155 e. The molecular weight excluding hydrogens is 335 g/mol. The molecule has 4 aliphatic carbocycles. The fraction of sp³-hybridized carbons (Fsp3) is 0.810. The van der Waals surface area contributed by atoms with Crippen molar-refractivity contribution in [2.75, 3.05) is 0 Å². The predicted octanol–water partition coefficient (Wildman–Crippen LogP) is 2.76. The van der Waals surface area contributed by atoms with Crippen molar-refractivity contribution >= 4 is 11.6 Å². The van der Waals surface area contributed by atoms with E-state index in [0.29, 0.717) is 32.1 Å². The third kappa shape index (κ3) is 2.02. The number of hydrogen-bond acceptors (Lipinski definition) is 4. The lowest BCUT2D eigenvalue weighted by Crippen LogP contribution is -2.67. The van der Waals surface area contributed by atoms with Gasteiger partial charge in [-0.1, -0.05) is 19.4 Å². The Hall–Kier alpha value is -1.07. The number of fused-ring (bicyclic) bond motifs is 5. The Morgan fingerprint density at radius 1 is 1.23 bits per heavy atom. The second kappa shape index (κ2) is 5.48. The number of Topliss-reactive ketones (excluding diaryl/α,β-unsaturated/α-hetero) is 1. The van der Waals surface area contributed by atoms with Gasteiger partial charge in [-0.2, -0.15) is 0 Å². The van der Waals surface area contributed by atoms with Gasteiger partial charge < -0.3 is 10.2 Å². The number of hydrogen-bond donors (Lipinski definition) is 2. The van der Waals surface area contributed by atoms with Crippen molar-refractivity contribution in [3.05, 3.63) is 11.6 Å². The highest BCUT2D eigenvalue weighted by Crippen LogP contribution is 2.69. The molecule has 0 aliphatic heterocycles. The van der Waals surface area contributed by atoms with Crippen LogP contribution in [0, 0.1) is 28.6 Å². The lowest BCUT2D eigenvalue weighted by molar-refractivity contribution is -0.208. The minimum Gasteiger partial charge on any atom is -0.392 e. The van der Waals surface area contributed by atoms with Crippen molar-refractivity contribution in [2.45, 2.75) is 77.2 Å². The molecule has 4 rings (SSSR count). The number of carbonyl (C=O) groups excluding carboxylic acids is 2. The zero-order valence-electron chi connectivity index (χ0n) is 15.8. The Labute approximate surface area is 153 Å². The van der Waals surface area contributed by atoms with Crippen molar-refractivity contribution in [2.24, 2.45) is 28.6 Å². The van der Waals surface area contributed by atoms with Crippen LogP contribution in [0.1, 0.15) is 59.3 Å². The van der Waals surface area contributed by atoms with Crippen LogP contribution in [0.5, 0.6) is 0 Å². The van der Waals surface area contributed by atoms with E-state index in [2.05, 4.69) is 0 Å². The summed E-state index contributed by atoms with van der Waals surface area (Å²) < 4.78 is 16.8. The van der Waals surface area contributed by atoms with Gasteiger partial charge in [0.25, 0.3) is 0 Å². The average molecular weight is 364 g/mol. The molecule has 0 amide bonds. The molecule has 2 N–H and O–H groups in total. The molecule has 0 aromatic carbocycles. The van der Waals surface area contributed by atoms with E-state index < -0.39 is 40.5 Å². The molecule has 144 valence electrons. The van der Waals surface area contributed by atoms with Crippen molar-refractivity contribution in [1.82, 2.24) is 0 Å². The number of rotatable bonds is 1. The number of alkyl halides is 1. The van der Waals surface area contributed by atoms with E-state index in [-0.39, 0.29) is 23.9 Å². The van der Waals surface area contributed by atoms with E-state index in [4.69, 9.17) is 0 Å². The second-order valence-corrected chi connectivity index (χ2v) is 9.60. The van der Waals surface area contributed by atoms with Gasteiger partial charge in [0.2, 0.25) is 0 Å². The van der Waals surface area contributed by atoms with Crippen LogP contribution < -0.4 is 0 Å². The summed E-state index contributed by atoms with van der Waals surface area (Å²) in [4.78, 5) is 24.1. The van der Waals surface area contributed by atoms with Gasteiger partial charge in [-0.05, 0) is 56.4 Å². The molecular formula is C21H29FO4. The zero-order valence-corrected chi connectivity index (χ0v) is 15.8. The number of ketones is 2. The summed E-state index contributed by atoms with van der Waals surface area (Å²) in [6.45, 7) is 5.29. The fourth-order valence-corrected chi connectivity index (χ4v) is 7.32. The van der Waals surface area contributed by atoms with Gasteiger partial charge in [0.05, 0.1) is 12.2 Å². The normalized spacial score (nSPS) is 53.4. The van der Waals surface area contributed by atoms with Crippen LogP contribution in [0.2, 0.25) is 0 Å². The Kier molecular flexibility index (Phi) is 3.86. The molecule has 8 atom stereocenters. The number of aliphatic hydroxyl groups excluding tert-OH is 2. The van der Waals surface area contributed by atoms with Gasteiger partial charge in [0.15, 0.2) is 5.78 Å². The number of halogens is 1. The van der Waals surface area contributed by atoms with E-state index in [9.17, 15) is 19.8 Å². The summed E-state index contributed by atoms with van der Waals surface area (Å²) in [5.74, 6) is -1.10. The van der Waals surface area contributed by atoms with Gasteiger partial charge in [-0.3, -0.25) is 9.59 Å². The molecule has 4 aliphatic rings. The van der Waals surface area contributed by atoms with Crippen molar-refractivity contribution in [3.63, 3.8) is 0 Å². The molecule has 26 heavy (non-hydrogen) atoms. The average Bonchev–Trinajstić information content (AvgIpc) is 2.80. The van der Waals surface area contributed by atoms with E-state index in [1.54, 1.807) is 6.08 Å². The van der Waals surface area contributed by atoms with Crippen LogP contribution in [0.15, 0.2) is 11.6 Å². The monoisotopic (exact) mass is 364 g/mol. The highest BCUT2D eigenvalue weighted by Gasteiger charge is 2.72. The highest BCUT2D eigenvalue weighted by molar-refractivity contribution is 5.91. The summed E-state index contributed by atoms with van der Waals surface area (Å²) in [6, 6.07) is 0. The standard InChI is InChI=1S/C21H29FO4/c1-11(23)18-16(25)9-15-14-5-4-12-8-13(24)6-7-20(12,3)21(14,22)17(26)10-19(15,18)2/h8,14-18,25-26H,4-7,9-10H2,1-3H3/t14-,15-,16+,17-,18-,19-,20-,21-/m0/s1. The van der Waals surface area contributed by atoms with Crippen LogP contribution >= 0.6 is 0 Å². The predicted molar refractivity (Wildman–Crippen MR) is 94.0 cm³/mol. The minimum absolute atomic E-state index is 0.0441. The number of aliphatic hydroxyl groups is 2. The lowest BCUT2D eigenvalue weighted by Gasteiger charge is -2.62. The molecule has 0 unspecified atom stereocenters. The molecule has 5 heteroatoms. The van der Waals surface area contributed by atoms with Gasteiger partial charge >= 0.3 is 0 Å². The van der Waals surface area contributed by atoms with Crippen LogP contribution in [-0.4, -0.2) is 39.7 Å². The molecule has 4 nitrogen and oxygen atoms in total. The Bertz CT molecular complexity index is 702. The topological polar surface area (TPSA) is 74.6 Å². The minimum atomic E-state index is -1.81. The van der Waals surface area contributed by atoms with Crippen molar-refractivity contribution in [1.29, 1.82) is 0 Å². The van der Waals surface area contributed by atoms with E-state index in [1.807, 2.05) is 13.8 Å². The van der Waals surface area contributed by atoms with Crippen LogP contribution in [0.4, 0.5) is 4.39 Å². The van der Waals surface area contributed by atoms with Gasteiger partial charge in [-0.25, -0.2) is 4.39 Å². The first-order valence-corrected chi connectivity index (χ1v) is 9.85. The van der Waals surface area contributed by atoms with E-state index in [0.717, 1.165) is 5.57 Å². The smallest absolute Gasteiger partial charge is 0.155 e. The van der Waals surface area contributed by atoms with Crippen LogP contribution in [-0.2, 0) is 9.59 Å². The summed E-state index contributed by atoms with van der Waals surface area (Å²) in [7, 11) is 0. The summed E-state index contributed by atoms with van der Waals surface area (Å²) in [6.07, 6.45) is 2.18. The van der Waals surface area contributed by atoms with Crippen LogP contribution in [0.25, 0.3) is 0 Å². The maximum atomic E-state index is 16.8. The summed E-state index contributed by atoms with van der Waals surface area (Å²) in [5, 5.41) is 21.6. The lowest BCUT2D eigenvalue weighted by atomic mass is 9.44. The molecule has 0 saturated heterocycles. The van der Waals surface area contributed by atoms with Gasteiger partial charge in [0.1, 0.15) is 11.5 Å². The first-order chi connectivity index (χ1) is 12.1. The highest BCUT2D eigenvalue weighted by atomic mass is 19.1. The maximum absolute atomic E-state index is 16.8. The SMILES string of the molecule is CC(=O)[C@H]1[C@H](O)C[C@H]2[C@@H]3CCC4=CC(=O)CC[C@]4(C)[C@@]3(F)[C@@H](O)C[C@@]21C. The Morgan fingerprint density at radius 3 is 2.58 bits per heavy atom. The van der Waals surface area contributed by atoms with E-state index in [1.165, 1.54) is 6.92 Å². The summed E-state index contributed by atoms with van der Waals surface area (Å²) >= 11 is 0. The van der Waals surface area contributed by atoms with Gasteiger partial charge in [0, 0.05) is 23.7 Å². The molecule has 0 bridgehead atoms. The number of carbonyl (C=O) groups is 2. The Balaban J connectivity index is 1.81. The molecule has 3 saturated carbocycles. The van der Waals surface area contributed by atoms with E-state index >= 15 is 4.39 Å². The molecule has 0 aromatic rings. The second-order valence-electron chi connectivity index (χ2n) is 9.60. The molecule has 0 heterocycles. The van der Waals surface area contributed by atoms with Gasteiger partial charge in [-0.15, -0.1) is 0 Å². The molecule has 3 fully saturated rings. The van der Waals surface area contributed by atoms with Crippen molar-refractivity contribution < 1.29 is 24.2 Å². The summed E-state index contributed by atoms with van der Waals surface area (Å²) in [5.41, 5.74) is -2.40. The number of allylic oxidation sites excluding steroid dienone is 1. The first-order valence-electron chi connectivity index (χ1n) is 9.85. The Morgan fingerprint density at radius 2 is 1.92 bits per heavy atom.